The highest BCUT2D eigenvalue weighted by Crippen LogP contribution is 2.23. The van der Waals surface area contributed by atoms with Gasteiger partial charge in [-0.2, -0.15) is 0 Å². The summed E-state index contributed by atoms with van der Waals surface area (Å²) in [5.41, 5.74) is 3.41. The summed E-state index contributed by atoms with van der Waals surface area (Å²) >= 11 is 12.3. The van der Waals surface area contributed by atoms with Crippen LogP contribution in [0.5, 0.6) is 0 Å². The van der Waals surface area contributed by atoms with Gasteiger partial charge in [0, 0.05) is 43.3 Å². The molecule has 7 nitrogen and oxygen atoms in total. The third-order valence-corrected chi connectivity index (χ3v) is 7.06. The van der Waals surface area contributed by atoms with Crippen LogP contribution in [0.1, 0.15) is 35.7 Å². The Labute approximate surface area is 228 Å². The smallest absolute Gasteiger partial charge is 0.255 e. The summed E-state index contributed by atoms with van der Waals surface area (Å²) in [6.07, 6.45) is 1.71. The molecule has 0 N–H and O–H groups in total. The van der Waals surface area contributed by atoms with Gasteiger partial charge in [-0.05, 0) is 43.7 Å². The summed E-state index contributed by atoms with van der Waals surface area (Å²) in [6, 6.07) is 16.9. The van der Waals surface area contributed by atoms with Crippen molar-refractivity contribution in [1.82, 2.24) is 20.0 Å². The van der Waals surface area contributed by atoms with Gasteiger partial charge in [-0.1, -0.05) is 66.4 Å². The molecule has 0 aliphatic carbocycles. The second kappa shape index (κ2) is 12.4. The summed E-state index contributed by atoms with van der Waals surface area (Å²) in [5, 5.41) is 9.57. The molecule has 1 fully saturated rings. The monoisotopic (exact) mass is 539 g/mol. The molecule has 0 unspecified atom stereocenters. The largest absolute Gasteiger partial charge is 0.352 e. The van der Waals surface area contributed by atoms with Crippen LogP contribution >= 0.6 is 23.2 Å². The zero-order valence-electron chi connectivity index (χ0n) is 21.2. The fourth-order valence-corrected chi connectivity index (χ4v) is 4.74. The van der Waals surface area contributed by atoms with Crippen molar-refractivity contribution in [2.24, 2.45) is 0 Å². The van der Waals surface area contributed by atoms with Crippen molar-refractivity contribution in [1.29, 1.82) is 0 Å². The van der Waals surface area contributed by atoms with Crippen LogP contribution in [0.2, 0.25) is 10.0 Å². The number of unbranched alkanes of at least 4 members (excludes halogenated alkanes) is 1. The van der Waals surface area contributed by atoms with Gasteiger partial charge in [0.05, 0.1) is 16.3 Å². The molecule has 4 rings (SSSR count). The lowest BCUT2D eigenvalue weighted by atomic mass is 10.1. The number of benzene rings is 2. The van der Waals surface area contributed by atoms with Gasteiger partial charge in [-0.15, -0.1) is 10.2 Å². The lowest BCUT2D eigenvalue weighted by Crippen LogP contribution is -2.52. The molecular weight excluding hydrogens is 509 g/mol. The maximum absolute atomic E-state index is 13.2. The normalized spacial score (nSPS) is 13.5. The van der Waals surface area contributed by atoms with Gasteiger partial charge >= 0.3 is 0 Å². The summed E-state index contributed by atoms with van der Waals surface area (Å²) in [4.78, 5) is 31.9. The fourth-order valence-electron chi connectivity index (χ4n) is 4.26. The minimum atomic E-state index is -0.258. The summed E-state index contributed by atoms with van der Waals surface area (Å²) in [6.45, 7) is 7.02. The Morgan fingerprint density at radius 2 is 1.68 bits per heavy atom. The first kappa shape index (κ1) is 26.9. The van der Waals surface area contributed by atoms with Gasteiger partial charge in [0.15, 0.2) is 5.82 Å². The topological polar surface area (TPSA) is 69.6 Å². The minimum Gasteiger partial charge on any atom is -0.352 e. The molecule has 1 aliphatic heterocycles. The lowest BCUT2D eigenvalue weighted by Gasteiger charge is -2.36. The molecule has 3 aromatic rings. The van der Waals surface area contributed by atoms with Crippen molar-refractivity contribution >= 4 is 40.8 Å². The van der Waals surface area contributed by atoms with Crippen LogP contribution in [0.25, 0.3) is 11.3 Å². The Morgan fingerprint density at radius 3 is 2.30 bits per heavy atom. The number of carbonyl (C=O) groups is 2. The van der Waals surface area contributed by atoms with Gasteiger partial charge < -0.3 is 14.7 Å². The van der Waals surface area contributed by atoms with Gasteiger partial charge in [-0.25, -0.2) is 0 Å². The van der Waals surface area contributed by atoms with Crippen LogP contribution in [0.15, 0.2) is 54.6 Å². The third kappa shape index (κ3) is 6.79. The minimum absolute atomic E-state index is 0.0167. The van der Waals surface area contributed by atoms with Gasteiger partial charge in [0.1, 0.15) is 6.54 Å². The number of anilines is 1. The number of rotatable bonds is 8. The number of hydrogen-bond donors (Lipinski definition) is 0. The first-order chi connectivity index (χ1) is 17.9. The molecule has 2 aromatic carbocycles. The van der Waals surface area contributed by atoms with Crippen LogP contribution < -0.4 is 4.90 Å². The molecule has 9 heteroatoms. The molecule has 37 heavy (non-hydrogen) atoms. The van der Waals surface area contributed by atoms with Crippen LogP contribution in [-0.4, -0.2) is 71.1 Å². The quantitative estimate of drug-likeness (QED) is 0.385. The number of nitrogens with zero attached hydrogens (tertiary/aromatic N) is 5. The molecule has 0 saturated carbocycles. The molecule has 1 saturated heterocycles. The van der Waals surface area contributed by atoms with E-state index in [4.69, 9.17) is 23.2 Å². The van der Waals surface area contributed by atoms with E-state index in [0.717, 1.165) is 29.9 Å². The van der Waals surface area contributed by atoms with Gasteiger partial charge in [0.25, 0.3) is 5.91 Å². The average molecular weight is 540 g/mol. The van der Waals surface area contributed by atoms with E-state index in [1.807, 2.05) is 24.3 Å². The molecule has 0 spiro atoms. The van der Waals surface area contributed by atoms with Crippen molar-refractivity contribution in [3.05, 3.63) is 75.8 Å². The predicted molar refractivity (Wildman–Crippen MR) is 148 cm³/mol. The van der Waals surface area contributed by atoms with E-state index in [2.05, 4.69) is 41.1 Å². The zero-order chi connectivity index (χ0) is 26.4. The van der Waals surface area contributed by atoms with Crippen molar-refractivity contribution in [3.8, 4) is 11.3 Å². The van der Waals surface area contributed by atoms with Crippen molar-refractivity contribution in [2.75, 3.05) is 44.2 Å². The highest BCUT2D eigenvalue weighted by molar-refractivity contribution is 6.36. The lowest BCUT2D eigenvalue weighted by molar-refractivity contribution is -0.132. The molecule has 194 valence electrons. The number of hydrogen-bond acceptors (Lipinski definition) is 5. The molecule has 0 radical (unpaired) electrons. The Morgan fingerprint density at radius 1 is 0.946 bits per heavy atom. The Kier molecular flexibility index (Phi) is 9.00. The highest BCUT2D eigenvalue weighted by atomic mass is 35.5. The van der Waals surface area contributed by atoms with Crippen LogP contribution in [0, 0.1) is 6.92 Å². The second-order valence-electron chi connectivity index (χ2n) is 9.22. The molecular formula is C28H31Cl2N5O2. The summed E-state index contributed by atoms with van der Waals surface area (Å²) < 4.78 is 0. The van der Waals surface area contributed by atoms with E-state index in [-0.39, 0.29) is 23.4 Å². The Hall–Kier alpha value is -3.16. The van der Waals surface area contributed by atoms with Crippen molar-refractivity contribution in [3.63, 3.8) is 0 Å². The Bertz CT molecular complexity index is 1230. The van der Waals surface area contributed by atoms with Gasteiger partial charge in [-0.3, -0.25) is 9.59 Å². The van der Waals surface area contributed by atoms with E-state index in [0.29, 0.717) is 43.3 Å². The molecule has 2 heterocycles. The van der Waals surface area contributed by atoms with Crippen LogP contribution in [0.4, 0.5) is 5.82 Å². The zero-order valence-corrected chi connectivity index (χ0v) is 22.7. The van der Waals surface area contributed by atoms with Crippen molar-refractivity contribution < 1.29 is 9.59 Å². The number of aryl methyl sites for hydroxylation is 1. The van der Waals surface area contributed by atoms with E-state index in [9.17, 15) is 9.59 Å². The van der Waals surface area contributed by atoms with Crippen LogP contribution in [0.3, 0.4) is 0 Å². The van der Waals surface area contributed by atoms with E-state index in [1.54, 1.807) is 28.0 Å². The second-order valence-corrected chi connectivity index (χ2v) is 10.1. The highest BCUT2D eigenvalue weighted by Gasteiger charge is 2.26. The number of halogens is 2. The van der Waals surface area contributed by atoms with E-state index < -0.39 is 0 Å². The summed E-state index contributed by atoms with van der Waals surface area (Å²) in [5.74, 6) is 0.459. The molecule has 2 amide bonds. The van der Waals surface area contributed by atoms with Crippen molar-refractivity contribution in [2.45, 2.75) is 26.7 Å². The predicted octanol–water partition coefficient (Wildman–Crippen LogP) is 5.35. The van der Waals surface area contributed by atoms with E-state index >= 15 is 0 Å². The first-order valence-corrected chi connectivity index (χ1v) is 13.3. The third-order valence-electron chi connectivity index (χ3n) is 6.51. The molecule has 1 aliphatic rings. The van der Waals surface area contributed by atoms with Crippen LogP contribution in [-0.2, 0) is 4.79 Å². The molecule has 0 atom stereocenters. The average Bonchev–Trinajstić information content (AvgIpc) is 2.91. The maximum Gasteiger partial charge on any atom is 0.255 e. The van der Waals surface area contributed by atoms with Gasteiger partial charge in [0.2, 0.25) is 5.91 Å². The molecule has 0 bridgehead atoms. The fraction of sp³-hybridized carbons (Fsp3) is 0.357. The number of piperazine rings is 1. The molecule has 1 aromatic heterocycles. The summed E-state index contributed by atoms with van der Waals surface area (Å²) in [7, 11) is 0. The number of aromatic nitrogens is 2. The Balaban J connectivity index is 1.35. The maximum atomic E-state index is 13.2. The first-order valence-electron chi connectivity index (χ1n) is 12.5. The standard InChI is InChI=1S/C28H31Cl2N5O2/c1-3-4-13-35(28(37)23-10-9-22(29)18-24(23)30)19-27(36)34-16-14-33(15-17-34)26-12-11-25(31-32-26)21-7-5-20(2)6-8-21/h5-12,18H,3-4,13-17,19H2,1-2H3. The SMILES string of the molecule is CCCCN(CC(=O)N1CCN(c2ccc(-c3ccc(C)cc3)nn2)CC1)C(=O)c1ccc(Cl)cc1Cl. The van der Waals surface area contributed by atoms with E-state index in [1.165, 1.54) is 5.56 Å². The number of carbonyl (C=O) groups excluding carboxylic acids is 2. The number of amides is 2.